The molecule has 2 aromatic heterocycles. The Morgan fingerprint density at radius 3 is 2.44 bits per heavy atom. The van der Waals surface area contributed by atoms with E-state index in [1.54, 1.807) is 80.0 Å². The van der Waals surface area contributed by atoms with E-state index in [0.29, 0.717) is 39.6 Å². The number of rotatable bonds is 9. The van der Waals surface area contributed by atoms with Crippen LogP contribution in [0.5, 0.6) is 11.6 Å². The number of hydrogen-bond acceptors (Lipinski definition) is 7. The largest absolute Gasteiger partial charge is 0.437 e. The summed E-state index contributed by atoms with van der Waals surface area (Å²) >= 11 is 0. The van der Waals surface area contributed by atoms with Crippen LogP contribution in [0.4, 0.5) is 5.69 Å². The van der Waals surface area contributed by atoms with E-state index in [9.17, 15) is 13.2 Å². The SMILES string of the molecule is CCn1cnc2c(Oc3ccc(/C=C/C(=O)c4ccc(NS(=O)(=O)c5ccccc5C)cc4)cc3)ncnc21. The zero-order valence-electron chi connectivity index (χ0n) is 21.3. The molecule has 0 spiro atoms. The third kappa shape index (κ3) is 5.70. The van der Waals surface area contributed by atoms with Crippen LogP contribution < -0.4 is 9.46 Å². The Labute approximate surface area is 225 Å². The number of hydrogen-bond donors (Lipinski definition) is 1. The molecule has 3 aromatic carbocycles. The highest BCUT2D eigenvalue weighted by Gasteiger charge is 2.16. The summed E-state index contributed by atoms with van der Waals surface area (Å²) in [6.45, 7) is 4.48. The lowest BCUT2D eigenvalue weighted by atomic mass is 10.1. The topological polar surface area (TPSA) is 116 Å². The van der Waals surface area contributed by atoms with Gasteiger partial charge < -0.3 is 9.30 Å². The molecule has 0 amide bonds. The van der Waals surface area contributed by atoms with Crippen molar-refractivity contribution < 1.29 is 17.9 Å². The van der Waals surface area contributed by atoms with Crippen LogP contribution in [0.25, 0.3) is 17.2 Å². The van der Waals surface area contributed by atoms with E-state index in [1.807, 2.05) is 23.6 Å². The van der Waals surface area contributed by atoms with Crippen LogP contribution in [0, 0.1) is 6.92 Å². The Morgan fingerprint density at radius 1 is 0.974 bits per heavy atom. The van der Waals surface area contributed by atoms with Crippen LogP contribution in [-0.2, 0) is 16.6 Å². The van der Waals surface area contributed by atoms with E-state index >= 15 is 0 Å². The average Bonchev–Trinajstić information content (AvgIpc) is 3.37. The van der Waals surface area contributed by atoms with Crippen molar-refractivity contribution in [2.75, 3.05) is 4.72 Å². The van der Waals surface area contributed by atoms with E-state index in [1.165, 1.54) is 12.4 Å². The fraction of sp³-hybridized carbons (Fsp3) is 0.103. The third-order valence-electron chi connectivity index (χ3n) is 6.03. The van der Waals surface area contributed by atoms with Crippen LogP contribution in [0.15, 0.2) is 96.4 Å². The van der Waals surface area contributed by atoms with Crippen LogP contribution in [0.2, 0.25) is 0 Å². The number of fused-ring (bicyclic) bond motifs is 1. The summed E-state index contributed by atoms with van der Waals surface area (Å²) in [7, 11) is -3.73. The Morgan fingerprint density at radius 2 is 1.72 bits per heavy atom. The minimum atomic E-state index is -3.73. The molecule has 5 rings (SSSR count). The maximum Gasteiger partial charge on any atom is 0.262 e. The number of allylic oxidation sites excluding steroid dienone is 1. The molecular weight excluding hydrogens is 514 g/mol. The van der Waals surface area contributed by atoms with Crippen molar-refractivity contribution in [2.24, 2.45) is 0 Å². The first-order valence-electron chi connectivity index (χ1n) is 12.2. The summed E-state index contributed by atoms with van der Waals surface area (Å²) in [5, 5.41) is 0. The highest BCUT2D eigenvalue weighted by atomic mass is 32.2. The number of nitrogens with one attached hydrogen (secondary N) is 1. The van der Waals surface area contributed by atoms with Crippen molar-refractivity contribution in [3.63, 3.8) is 0 Å². The van der Waals surface area contributed by atoms with Gasteiger partial charge in [-0.05, 0) is 73.5 Å². The molecule has 0 aliphatic rings. The molecule has 5 aromatic rings. The maximum absolute atomic E-state index is 12.7. The minimum absolute atomic E-state index is 0.210. The van der Waals surface area contributed by atoms with Crippen LogP contribution in [0.3, 0.4) is 0 Å². The number of carbonyl (C=O) groups excluding carboxylic acids is 1. The van der Waals surface area contributed by atoms with E-state index < -0.39 is 10.0 Å². The molecule has 0 unspecified atom stereocenters. The highest BCUT2D eigenvalue weighted by Crippen LogP contribution is 2.26. The average molecular weight is 540 g/mol. The van der Waals surface area contributed by atoms with Crippen molar-refractivity contribution >= 4 is 38.7 Å². The lowest BCUT2D eigenvalue weighted by Gasteiger charge is -2.10. The normalized spacial score (nSPS) is 11.6. The molecule has 2 heterocycles. The van der Waals surface area contributed by atoms with Crippen molar-refractivity contribution in [3.8, 4) is 11.6 Å². The number of ketones is 1. The number of aryl methyl sites for hydroxylation is 2. The van der Waals surface area contributed by atoms with Gasteiger partial charge in [0.1, 0.15) is 12.1 Å². The van der Waals surface area contributed by atoms with Crippen LogP contribution in [-0.4, -0.2) is 33.7 Å². The van der Waals surface area contributed by atoms with E-state index in [4.69, 9.17) is 4.74 Å². The third-order valence-corrected chi connectivity index (χ3v) is 7.58. The molecule has 10 heteroatoms. The molecule has 0 aliphatic heterocycles. The number of imidazole rings is 1. The Kier molecular flexibility index (Phi) is 7.20. The molecule has 0 aliphatic carbocycles. The van der Waals surface area contributed by atoms with Gasteiger partial charge in [-0.2, -0.15) is 4.98 Å². The second kappa shape index (κ2) is 10.9. The van der Waals surface area contributed by atoms with E-state index in [2.05, 4.69) is 19.7 Å². The molecule has 0 fully saturated rings. The van der Waals surface area contributed by atoms with Gasteiger partial charge in [0.2, 0.25) is 0 Å². The lowest BCUT2D eigenvalue weighted by Crippen LogP contribution is -2.14. The summed E-state index contributed by atoms with van der Waals surface area (Å²) in [5.41, 5.74) is 3.55. The molecular formula is C29H25N5O4S. The molecule has 196 valence electrons. The quantitative estimate of drug-likeness (QED) is 0.190. The van der Waals surface area contributed by atoms with Crippen molar-refractivity contribution in [2.45, 2.75) is 25.3 Å². The number of ether oxygens (including phenoxy) is 1. The predicted octanol–water partition coefficient (Wildman–Crippen LogP) is 5.64. The van der Waals surface area contributed by atoms with Crippen molar-refractivity contribution in [1.82, 2.24) is 19.5 Å². The summed E-state index contributed by atoms with van der Waals surface area (Å²) in [6, 6.07) is 20.3. The maximum atomic E-state index is 12.7. The van der Waals surface area contributed by atoms with Gasteiger partial charge in [0, 0.05) is 17.8 Å². The number of anilines is 1. The smallest absolute Gasteiger partial charge is 0.262 e. The number of aromatic nitrogens is 4. The molecule has 0 bridgehead atoms. The van der Waals surface area contributed by atoms with Crippen LogP contribution in [0.1, 0.15) is 28.4 Å². The van der Waals surface area contributed by atoms with Gasteiger partial charge in [-0.1, -0.05) is 36.4 Å². The first kappa shape index (κ1) is 25.8. The van der Waals surface area contributed by atoms with Gasteiger partial charge in [-0.25, -0.2) is 18.4 Å². The second-order valence-electron chi connectivity index (χ2n) is 8.70. The van der Waals surface area contributed by atoms with E-state index in [-0.39, 0.29) is 10.7 Å². The first-order valence-corrected chi connectivity index (χ1v) is 13.7. The number of nitrogens with zero attached hydrogens (tertiary/aromatic N) is 4. The van der Waals surface area contributed by atoms with Gasteiger partial charge in [0.15, 0.2) is 16.9 Å². The van der Waals surface area contributed by atoms with Gasteiger partial charge in [0.05, 0.1) is 11.2 Å². The van der Waals surface area contributed by atoms with Crippen LogP contribution >= 0.6 is 0 Å². The minimum Gasteiger partial charge on any atom is -0.437 e. The number of benzene rings is 3. The number of sulfonamides is 1. The predicted molar refractivity (Wildman–Crippen MR) is 149 cm³/mol. The Balaban J connectivity index is 1.22. The van der Waals surface area contributed by atoms with Gasteiger partial charge >= 0.3 is 0 Å². The monoisotopic (exact) mass is 539 g/mol. The molecule has 0 atom stereocenters. The molecule has 0 saturated heterocycles. The Hall–Kier alpha value is -4.83. The van der Waals surface area contributed by atoms with Gasteiger partial charge in [-0.15, -0.1) is 0 Å². The zero-order valence-corrected chi connectivity index (χ0v) is 22.1. The second-order valence-corrected chi connectivity index (χ2v) is 10.3. The summed E-state index contributed by atoms with van der Waals surface area (Å²) in [5.74, 6) is 0.738. The van der Waals surface area contributed by atoms with Gasteiger partial charge in [0.25, 0.3) is 15.9 Å². The molecule has 39 heavy (non-hydrogen) atoms. The fourth-order valence-corrected chi connectivity index (χ4v) is 5.27. The summed E-state index contributed by atoms with van der Waals surface area (Å²) < 4.78 is 35.8. The standard InChI is InChI=1S/C29H25N5O4S/c1-3-34-19-32-27-28(34)30-18-31-29(27)38-24-15-8-21(9-16-24)10-17-25(35)22-11-13-23(14-12-22)33-39(36,37)26-7-5-4-6-20(26)2/h4-19,33H,3H2,1-2H3/b17-10+. The first-order chi connectivity index (χ1) is 18.8. The lowest BCUT2D eigenvalue weighted by molar-refractivity contribution is 0.104. The zero-order chi connectivity index (χ0) is 27.4. The molecule has 0 radical (unpaired) electrons. The van der Waals surface area contributed by atoms with Crippen molar-refractivity contribution in [3.05, 3.63) is 108 Å². The van der Waals surface area contributed by atoms with Gasteiger partial charge in [-0.3, -0.25) is 9.52 Å². The summed E-state index contributed by atoms with van der Waals surface area (Å²) in [6.07, 6.45) is 6.31. The fourth-order valence-electron chi connectivity index (χ4n) is 3.96. The molecule has 9 nitrogen and oxygen atoms in total. The molecule has 0 saturated carbocycles. The number of carbonyl (C=O) groups is 1. The molecule has 1 N–H and O–H groups in total. The van der Waals surface area contributed by atoms with Crippen molar-refractivity contribution in [1.29, 1.82) is 0 Å². The Bertz CT molecular complexity index is 1780. The highest BCUT2D eigenvalue weighted by molar-refractivity contribution is 7.92. The van der Waals surface area contributed by atoms with E-state index in [0.717, 1.165) is 12.1 Å². The summed E-state index contributed by atoms with van der Waals surface area (Å²) in [4.78, 5) is 25.7.